The van der Waals surface area contributed by atoms with E-state index in [0.717, 1.165) is 48.9 Å². The molecule has 1 unspecified atom stereocenters. The first-order valence-corrected chi connectivity index (χ1v) is 11.2. The molecule has 2 aromatic carbocycles. The van der Waals surface area contributed by atoms with Gasteiger partial charge in [-0.3, -0.25) is 4.79 Å². The molecule has 0 radical (unpaired) electrons. The van der Waals surface area contributed by atoms with Gasteiger partial charge >= 0.3 is 5.97 Å². The van der Waals surface area contributed by atoms with Crippen LogP contribution in [0, 0.1) is 0 Å². The van der Waals surface area contributed by atoms with E-state index in [9.17, 15) is 9.90 Å². The van der Waals surface area contributed by atoms with Crippen molar-refractivity contribution >= 4 is 5.97 Å². The largest absolute Gasteiger partial charge is 0.834 e. The zero-order valence-electron chi connectivity index (χ0n) is 18.5. The molecular formula is C26H30N2O4. The Kier molecular flexibility index (Phi) is 6.72. The molecule has 2 heterocycles. The lowest BCUT2D eigenvalue weighted by Crippen LogP contribution is -2.57. The molecule has 1 aliphatic rings. The molecule has 0 aliphatic carbocycles. The molecule has 3 aromatic rings. The zero-order valence-corrected chi connectivity index (χ0v) is 18.5. The summed E-state index contributed by atoms with van der Waals surface area (Å²) >= 11 is 0. The summed E-state index contributed by atoms with van der Waals surface area (Å²) in [7, 11) is 2.20. The maximum Gasteiger partial charge on any atom is 0.304 e. The summed E-state index contributed by atoms with van der Waals surface area (Å²) in [5.74, 6) is -0.726. The molecule has 6 heteroatoms. The molecule has 1 aliphatic heterocycles. The van der Waals surface area contributed by atoms with E-state index in [-0.39, 0.29) is 6.10 Å². The number of ether oxygens (including phenoxy) is 1. The molecule has 0 N–H and O–H groups in total. The van der Waals surface area contributed by atoms with Crippen LogP contribution < -0.4 is 5.11 Å². The van der Waals surface area contributed by atoms with Crippen LogP contribution in [0.4, 0.5) is 0 Å². The van der Waals surface area contributed by atoms with E-state index in [1.807, 2.05) is 18.2 Å². The van der Waals surface area contributed by atoms with Crippen LogP contribution in [0.25, 0.3) is 0 Å². The summed E-state index contributed by atoms with van der Waals surface area (Å²) in [5.41, 5.74) is -0.330. The Morgan fingerprint density at radius 1 is 1.12 bits per heavy atom. The molecule has 0 bridgehead atoms. The van der Waals surface area contributed by atoms with Crippen molar-refractivity contribution in [1.29, 1.82) is 0 Å². The van der Waals surface area contributed by atoms with Crippen LogP contribution >= 0.6 is 0 Å². The molecule has 1 fully saturated rings. The second-order valence-electron chi connectivity index (χ2n) is 8.93. The first-order chi connectivity index (χ1) is 15.5. The Bertz CT molecular complexity index is 952. The number of aromatic nitrogens is 1. The number of esters is 1. The van der Waals surface area contributed by atoms with Gasteiger partial charge < -0.3 is 18.8 Å². The molecule has 6 nitrogen and oxygen atoms in total. The summed E-state index contributed by atoms with van der Waals surface area (Å²) in [6.07, 6.45) is 4.90. The topological polar surface area (TPSA) is 75.4 Å². The van der Waals surface area contributed by atoms with Gasteiger partial charge in [-0.25, -0.2) is 0 Å². The first-order valence-electron chi connectivity index (χ1n) is 11.2. The average molecular weight is 435 g/mol. The van der Waals surface area contributed by atoms with E-state index in [4.69, 9.17) is 9.26 Å². The number of benzene rings is 2. The fourth-order valence-electron chi connectivity index (χ4n) is 4.67. The number of aryl methyl sites for hydroxylation is 1. The van der Waals surface area contributed by atoms with Gasteiger partial charge in [0.25, 0.3) is 0 Å². The monoisotopic (exact) mass is 434 g/mol. The van der Waals surface area contributed by atoms with Crippen molar-refractivity contribution in [2.45, 2.75) is 37.4 Å². The third-order valence-corrected chi connectivity index (χ3v) is 6.41. The Labute approximate surface area is 189 Å². The number of carbonyl (C=O) groups excluding carboxylic acids is 1. The second kappa shape index (κ2) is 9.67. The first kappa shape index (κ1) is 22.2. The summed E-state index contributed by atoms with van der Waals surface area (Å²) < 4.78 is 11.6. The highest BCUT2D eigenvalue weighted by atomic mass is 16.6. The summed E-state index contributed by atoms with van der Waals surface area (Å²) in [6, 6.07) is 19.5. The third-order valence-electron chi connectivity index (χ3n) is 6.41. The SMILES string of the molecule is C[N@@+]1(CCCc2ccon2)CCCC(OC(=O)C([O-])(c2ccccc2)c2ccccc2)C1. The Hall–Kier alpha value is -2.96. The van der Waals surface area contributed by atoms with Crippen LogP contribution in [-0.2, 0) is 21.6 Å². The van der Waals surface area contributed by atoms with E-state index < -0.39 is 11.6 Å². The van der Waals surface area contributed by atoms with Crippen LogP contribution in [0.3, 0.4) is 0 Å². The molecule has 0 amide bonds. The molecular weight excluding hydrogens is 404 g/mol. The van der Waals surface area contributed by atoms with E-state index in [1.165, 1.54) is 0 Å². The smallest absolute Gasteiger partial charge is 0.304 e. The molecule has 1 saturated heterocycles. The molecule has 2 atom stereocenters. The Morgan fingerprint density at radius 3 is 2.38 bits per heavy atom. The van der Waals surface area contributed by atoms with Gasteiger partial charge in [0.1, 0.15) is 12.8 Å². The number of hydrogen-bond donors (Lipinski definition) is 0. The molecule has 0 spiro atoms. The van der Waals surface area contributed by atoms with E-state index >= 15 is 0 Å². The number of quaternary nitrogens is 1. The van der Waals surface area contributed by atoms with Crippen LogP contribution in [0.15, 0.2) is 77.5 Å². The van der Waals surface area contributed by atoms with E-state index in [2.05, 4.69) is 12.2 Å². The Morgan fingerprint density at radius 2 is 1.78 bits per heavy atom. The predicted molar refractivity (Wildman–Crippen MR) is 118 cm³/mol. The zero-order chi connectivity index (χ0) is 22.4. The lowest BCUT2D eigenvalue weighted by Gasteiger charge is -2.44. The number of likely N-dealkylation sites (N-methyl/N-ethyl adjacent to an activating group) is 1. The molecule has 32 heavy (non-hydrogen) atoms. The second-order valence-corrected chi connectivity index (χ2v) is 8.93. The van der Waals surface area contributed by atoms with Gasteiger partial charge in [0.2, 0.25) is 0 Å². The minimum Gasteiger partial charge on any atom is -0.834 e. The van der Waals surface area contributed by atoms with Gasteiger partial charge in [-0.15, -0.1) is 0 Å². The van der Waals surface area contributed by atoms with Crippen molar-refractivity contribution in [3.8, 4) is 0 Å². The van der Waals surface area contributed by atoms with Crippen molar-refractivity contribution in [3.63, 3.8) is 0 Å². The normalized spacial score (nSPS) is 21.2. The van der Waals surface area contributed by atoms with Gasteiger partial charge in [-0.1, -0.05) is 65.8 Å². The van der Waals surface area contributed by atoms with Crippen LogP contribution in [-0.4, -0.2) is 48.4 Å². The maximum absolute atomic E-state index is 14.0. The highest BCUT2D eigenvalue weighted by Gasteiger charge is 2.37. The quantitative estimate of drug-likeness (QED) is 0.402. The molecule has 0 saturated carbocycles. The van der Waals surface area contributed by atoms with Crippen LogP contribution in [0.5, 0.6) is 0 Å². The van der Waals surface area contributed by atoms with Crippen molar-refractivity contribution in [2.75, 3.05) is 26.7 Å². The maximum atomic E-state index is 14.0. The van der Waals surface area contributed by atoms with Crippen molar-refractivity contribution in [1.82, 2.24) is 5.16 Å². The number of carbonyl (C=O) groups is 1. The lowest BCUT2D eigenvalue weighted by molar-refractivity contribution is -0.917. The summed E-state index contributed by atoms with van der Waals surface area (Å²) in [5, 5.41) is 18.0. The fourth-order valence-corrected chi connectivity index (χ4v) is 4.67. The Balaban J connectivity index is 1.46. The predicted octanol–water partition coefficient (Wildman–Crippen LogP) is 3.06. The number of hydrogen-bond acceptors (Lipinski definition) is 5. The van der Waals surface area contributed by atoms with E-state index in [1.54, 1.807) is 54.8 Å². The highest BCUT2D eigenvalue weighted by molar-refractivity contribution is 5.85. The molecule has 4 rings (SSSR count). The third kappa shape index (κ3) is 4.92. The van der Waals surface area contributed by atoms with Crippen molar-refractivity contribution in [3.05, 3.63) is 89.8 Å². The fraction of sp³-hybridized carbons (Fsp3) is 0.385. The number of rotatable bonds is 8. The van der Waals surface area contributed by atoms with Crippen molar-refractivity contribution < 1.29 is 23.6 Å². The average Bonchev–Trinajstić information content (AvgIpc) is 3.33. The number of piperidine rings is 1. The van der Waals surface area contributed by atoms with Gasteiger partial charge in [-0.2, -0.15) is 0 Å². The van der Waals surface area contributed by atoms with E-state index in [0.29, 0.717) is 17.7 Å². The number of likely N-dealkylation sites (tertiary alicyclic amines) is 1. The van der Waals surface area contributed by atoms with Crippen LogP contribution in [0.1, 0.15) is 36.1 Å². The molecule has 1 aromatic heterocycles. The van der Waals surface area contributed by atoms with Gasteiger partial charge in [0, 0.05) is 24.5 Å². The summed E-state index contributed by atoms with van der Waals surface area (Å²) in [6.45, 7) is 2.71. The highest BCUT2D eigenvalue weighted by Crippen LogP contribution is 2.30. The lowest BCUT2D eigenvalue weighted by atomic mass is 9.86. The van der Waals surface area contributed by atoms with Gasteiger partial charge in [0.05, 0.1) is 25.8 Å². The minimum absolute atomic E-state index is 0.269. The summed E-state index contributed by atoms with van der Waals surface area (Å²) in [4.78, 5) is 13.4. The van der Waals surface area contributed by atoms with Gasteiger partial charge in [0.15, 0.2) is 6.10 Å². The van der Waals surface area contributed by atoms with Crippen molar-refractivity contribution in [2.24, 2.45) is 0 Å². The van der Waals surface area contributed by atoms with Gasteiger partial charge in [-0.05, 0) is 24.0 Å². The minimum atomic E-state index is -2.09. The van der Waals surface area contributed by atoms with Crippen LogP contribution in [0.2, 0.25) is 0 Å². The standard InChI is InChI=1S/C26H30N2O4/c1-28(17-8-14-23-16-19-31-27-23)18-9-15-24(20-28)32-25(29)26(30,21-10-4-2-5-11-21)22-12-6-3-7-13-22/h2-7,10-13,16,19,24H,8-9,14-15,17-18,20H2,1H3/t24?,28-/m1/s1. The molecule has 168 valence electrons. The number of nitrogens with zero attached hydrogens (tertiary/aromatic N) is 2.